The number of amides is 1. The van der Waals surface area contributed by atoms with Gasteiger partial charge in [0.1, 0.15) is 5.82 Å². The minimum atomic E-state index is -0.232. The van der Waals surface area contributed by atoms with Crippen LogP contribution in [0.3, 0.4) is 0 Å². The van der Waals surface area contributed by atoms with Crippen molar-refractivity contribution in [2.75, 3.05) is 42.9 Å². The molecule has 3 aromatic heterocycles. The lowest BCUT2D eigenvalue weighted by atomic mass is 10.0. The van der Waals surface area contributed by atoms with Crippen LogP contribution in [0.1, 0.15) is 30.7 Å². The Morgan fingerprint density at radius 2 is 1.83 bits per heavy atom. The van der Waals surface area contributed by atoms with Crippen LogP contribution in [-0.2, 0) is 11.2 Å². The molecule has 0 aliphatic carbocycles. The maximum atomic E-state index is 12.1. The molecule has 0 aromatic carbocycles. The predicted octanol–water partition coefficient (Wildman–Crippen LogP) is 4.48. The fourth-order valence-corrected chi connectivity index (χ4v) is 4.20. The van der Waals surface area contributed by atoms with Crippen LogP contribution < -0.4 is 10.2 Å². The zero-order valence-corrected chi connectivity index (χ0v) is 21.0. The molecule has 8 nitrogen and oxygen atoms in total. The first-order valence-electron chi connectivity index (χ1n) is 12.2. The highest BCUT2D eigenvalue weighted by Crippen LogP contribution is 2.22. The van der Waals surface area contributed by atoms with E-state index in [1.54, 1.807) is 4.90 Å². The van der Waals surface area contributed by atoms with E-state index in [2.05, 4.69) is 45.3 Å². The number of rotatable bonds is 7. The molecule has 184 valence electrons. The average molecular weight is 475 g/mol. The summed E-state index contributed by atoms with van der Waals surface area (Å²) in [6.07, 6.45) is 6.20. The molecule has 0 saturated carbocycles. The van der Waals surface area contributed by atoms with Gasteiger partial charge in [-0.05, 0) is 69.5 Å². The van der Waals surface area contributed by atoms with Gasteiger partial charge in [-0.2, -0.15) is 0 Å². The van der Waals surface area contributed by atoms with Crippen LogP contribution in [0.4, 0.5) is 16.3 Å². The minimum Gasteiger partial charge on any atom is -0.447 e. The number of carbonyl (C=O) groups excluding carboxylic acids is 1. The van der Waals surface area contributed by atoms with Gasteiger partial charge in [-0.15, -0.1) is 0 Å². The Kier molecular flexibility index (Phi) is 7.80. The van der Waals surface area contributed by atoms with Gasteiger partial charge in [0, 0.05) is 56.4 Å². The Balaban J connectivity index is 1.26. The Morgan fingerprint density at radius 3 is 2.49 bits per heavy atom. The molecular formula is C27H34N6O2. The Labute approximate surface area is 207 Å². The monoisotopic (exact) mass is 474 g/mol. The van der Waals surface area contributed by atoms with Crippen molar-refractivity contribution in [3.8, 4) is 11.3 Å². The molecule has 8 heteroatoms. The molecule has 35 heavy (non-hydrogen) atoms. The van der Waals surface area contributed by atoms with E-state index in [0.717, 1.165) is 60.1 Å². The van der Waals surface area contributed by atoms with Crippen LogP contribution in [0, 0.1) is 13.8 Å². The highest BCUT2D eigenvalue weighted by atomic mass is 16.6. The van der Waals surface area contributed by atoms with Crippen molar-refractivity contribution in [2.24, 2.45) is 0 Å². The Morgan fingerprint density at radius 1 is 1.03 bits per heavy atom. The molecule has 1 N–H and O–H groups in total. The number of piperazine rings is 1. The fraction of sp³-hybridized carbons (Fsp3) is 0.407. The zero-order chi connectivity index (χ0) is 24.8. The number of nitrogens with zero attached hydrogens (tertiary/aromatic N) is 5. The summed E-state index contributed by atoms with van der Waals surface area (Å²) in [5.41, 5.74) is 6.50. The first-order chi connectivity index (χ1) is 16.9. The van der Waals surface area contributed by atoms with Crippen molar-refractivity contribution < 1.29 is 9.53 Å². The first-order valence-corrected chi connectivity index (χ1v) is 12.2. The third-order valence-electron chi connectivity index (χ3n) is 6.01. The number of aromatic nitrogens is 3. The Hall–Kier alpha value is -3.68. The second-order valence-corrected chi connectivity index (χ2v) is 9.18. The molecule has 1 saturated heterocycles. The summed E-state index contributed by atoms with van der Waals surface area (Å²) in [6, 6.07) is 10.3. The van der Waals surface area contributed by atoms with Crippen molar-refractivity contribution in [3.05, 3.63) is 65.7 Å². The van der Waals surface area contributed by atoms with E-state index in [1.165, 1.54) is 5.56 Å². The predicted molar refractivity (Wildman–Crippen MR) is 139 cm³/mol. The number of pyridine rings is 3. The average Bonchev–Trinajstić information content (AvgIpc) is 2.84. The second kappa shape index (κ2) is 11.2. The van der Waals surface area contributed by atoms with E-state index in [9.17, 15) is 4.79 Å². The lowest BCUT2D eigenvalue weighted by molar-refractivity contribution is 0.0751. The molecule has 1 aliphatic heterocycles. The molecule has 1 amide bonds. The van der Waals surface area contributed by atoms with Crippen LogP contribution >= 0.6 is 0 Å². The van der Waals surface area contributed by atoms with Gasteiger partial charge in [-0.25, -0.2) is 9.78 Å². The van der Waals surface area contributed by atoms with Gasteiger partial charge in [0.25, 0.3) is 0 Å². The SMILES string of the molecule is Cc1cc(-c2ncc(CCNc3ccc(N4CCN(C(=O)OC(C)C)CC4)cn3)cc2C)ccn1. The van der Waals surface area contributed by atoms with Crippen molar-refractivity contribution in [2.45, 2.75) is 40.2 Å². The summed E-state index contributed by atoms with van der Waals surface area (Å²) < 4.78 is 5.29. The van der Waals surface area contributed by atoms with E-state index in [-0.39, 0.29) is 12.2 Å². The first kappa shape index (κ1) is 24.4. The minimum absolute atomic E-state index is 0.0965. The van der Waals surface area contributed by atoms with Gasteiger partial charge in [0.15, 0.2) is 0 Å². The number of ether oxygens (including phenoxy) is 1. The number of nitrogens with one attached hydrogen (secondary N) is 1. The Bertz CT molecular complexity index is 1140. The quantitative estimate of drug-likeness (QED) is 0.541. The summed E-state index contributed by atoms with van der Waals surface area (Å²) >= 11 is 0. The largest absolute Gasteiger partial charge is 0.447 e. The third kappa shape index (κ3) is 6.47. The molecule has 0 unspecified atom stereocenters. The molecule has 0 bridgehead atoms. The van der Waals surface area contributed by atoms with E-state index in [4.69, 9.17) is 9.72 Å². The van der Waals surface area contributed by atoms with Crippen molar-refractivity contribution in [1.29, 1.82) is 0 Å². The molecule has 4 heterocycles. The maximum absolute atomic E-state index is 12.1. The molecular weight excluding hydrogens is 440 g/mol. The van der Waals surface area contributed by atoms with Gasteiger partial charge in [0.05, 0.1) is 23.7 Å². The standard InChI is InChI=1S/C27H34N6O2/c1-19(2)35-27(34)33-13-11-32(12-14-33)24-5-6-25(30-18-24)29-9-7-22-15-20(3)26(31-17-22)23-8-10-28-21(4)16-23/h5-6,8,10,15-19H,7,9,11-14H2,1-4H3,(H,29,30). The van der Waals surface area contributed by atoms with Crippen molar-refractivity contribution in [1.82, 2.24) is 19.9 Å². The topological polar surface area (TPSA) is 83.5 Å². The van der Waals surface area contributed by atoms with E-state index < -0.39 is 0 Å². The van der Waals surface area contributed by atoms with Crippen LogP contribution in [0.2, 0.25) is 0 Å². The van der Waals surface area contributed by atoms with Crippen LogP contribution in [-0.4, -0.2) is 64.8 Å². The van der Waals surface area contributed by atoms with Gasteiger partial charge < -0.3 is 19.9 Å². The number of carbonyl (C=O) groups is 1. The number of aryl methyl sites for hydroxylation is 2. The van der Waals surface area contributed by atoms with Crippen LogP contribution in [0.5, 0.6) is 0 Å². The lowest BCUT2D eigenvalue weighted by Crippen LogP contribution is -2.49. The summed E-state index contributed by atoms with van der Waals surface area (Å²) in [6.45, 7) is 11.4. The maximum Gasteiger partial charge on any atom is 0.410 e. The summed E-state index contributed by atoms with van der Waals surface area (Å²) in [5.74, 6) is 0.849. The van der Waals surface area contributed by atoms with Gasteiger partial charge in [0.2, 0.25) is 0 Å². The van der Waals surface area contributed by atoms with Gasteiger partial charge >= 0.3 is 6.09 Å². The van der Waals surface area contributed by atoms with E-state index in [0.29, 0.717) is 13.1 Å². The van der Waals surface area contributed by atoms with Crippen molar-refractivity contribution in [3.63, 3.8) is 0 Å². The molecule has 4 rings (SSSR count). The zero-order valence-electron chi connectivity index (χ0n) is 21.0. The number of hydrogen-bond acceptors (Lipinski definition) is 7. The van der Waals surface area contributed by atoms with E-state index >= 15 is 0 Å². The number of hydrogen-bond donors (Lipinski definition) is 1. The summed E-state index contributed by atoms with van der Waals surface area (Å²) in [7, 11) is 0. The second-order valence-electron chi connectivity index (χ2n) is 9.18. The molecule has 0 spiro atoms. The summed E-state index contributed by atoms with van der Waals surface area (Å²) in [4.78, 5) is 29.6. The lowest BCUT2D eigenvalue weighted by Gasteiger charge is -2.35. The molecule has 1 fully saturated rings. The molecule has 0 atom stereocenters. The molecule has 0 radical (unpaired) electrons. The van der Waals surface area contributed by atoms with Crippen molar-refractivity contribution >= 4 is 17.6 Å². The normalized spacial score (nSPS) is 13.7. The highest BCUT2D eigenvalue weighted by Gasteiger charge is 2.23. The fourth-order valence-electron chi connectivity index (χ4n) is 4.20. The van der Waals surface area contributed by atoms with Crippen LogP contribution in [0.25, 0.3) is 11.3 Å². The highest BCUT2D eigenvalue weighted by molar-refractivity contribution is 5.68. The van der Waals surface area contributed by atoms with E-state index in [1.807, 2.05) is 51.5 Å². The van der Waals surface area contributed by atoms with Crippen LogP contribution in [0.15, 0.2) is 48.9 Å². The number of anilines is 2. The smallest absolute Gasteiger partial charge is 0.410 e. The van der Waals surface area contributed by atoms with Gasteiger partial charge in [-0.3, -0.25) is 9.97 Å². The molecule has 1 aliphatic rings. The summed E-state index contributed by atoms with van der Waals surface area (Å²) in [5, 5.41) is 3.40. The van der Waals surface area contributed by atoms with Gasteiger partial charge in [-0.1, -0.05) is 6.07 Å². The molecule has 3 aromatic rings. The third-order valence-corrected chi connectivity index (χ3v) is 6.01.